The number of fused-ring (bicyclic) bond motifs is 1. The van der Waals surface area contributed by atoms with Crippen LogP contribution in [0.4, 0.5) is 13.6 Å². The second-order valence-electron chi connectivity index (χ2n) is 6.65. The lowest BCUT2D eigenvalue weighted by atomic mass is 10.1. The van der Waals surface area contributed by atoms with Gasteiger partial charge in [-0.25, -0.2) is 18.6 Å². The molecule has 2 amide bonds. The molecule has 8 heteroatoms. The lowest BCUT2D eigenvalue weighted by Crippen LogP contribution is -2.48. The summed E-state index contributed by atoms with van der Waals surface area (Å²) in [5, 5.41) is 5.81. The van der Waals surface area contributed by atoms with Crippen LogP contribution in [0, 0.1) is 11.6 Å². The molecule has 0 saturated carbocycles. The SMILES string of the molecule is CC(CCN)NC(=O)NC1CCc2nc(-c3ccc(F)cc3F)cn2C1. The van der Waals surface area contributed by atoms with Crippen LogP contribution < -0.4 is 16.4 Å². The van der Waals surface area contributed by atoms with Gasteiger partial charge in [0.1, 0.15) is 17.5 Å². The lowest BCUT2D eigenvalue weighted by molar-refractivity contribution is 0.229. The maximum absolute atomic E-state index is 14.0. The van der Waals surface area contributed by atoms with Gasteiger partial charge in [-0.2, -0.15) is 0 Å². The summed E-state index contributed by atoms with van der Waals surface area (Å²) in [7, 11) is 0. The van der Waals surface area contributed by atoms with E-state index in [9.17, 15) is 13.6 Å². The Morgan fingerprint density at radius 3 is 3.00 bits per heavy atom. The van der Waals surface area contributed by atoms with Crippen molar-refractivity contribution in [3.63, 3.8) is 0 Å². The quantitative estimate of drug-likeness (QED) is 0.761. The molecule has 140 valence electrons. The Kier molecular flexibility index (Phi) is 5.51. The summed E-state index contributed by atoms with van der Waals surface area (Å²) in [5.74, 6) is -0.420. The van der Waals surface area contributed by atoms with E-state index in [1.54, 1.807) is 6.20 Å². The van der Waals surface area contributed by atoms with E-state index in [1.807, 2.05) is 11.5 Å². The zero-order chi connectivity index (χ0) is 18.7. The van der Waals surface area contributed by atoms with Crippen molar-refractivity contribution in [3.8, 4) is 11.3 Å². The van der Waals surface area contributed by atoms with Gasteiger partial charge in [0.05, 0.1) is 5.69 Å². The van der Waals surface area contributed by atoms with Crippen molar-refractivity contribution in [1.29, 1.82) is 0 Å². The molecule has 6 nitrogen and oxygen atoms in total. The number of hydrogen-bond donors (Lipinski definition) is 3. The van der Waals surface area contributed by atoms with E-state index in [0.717, 1.165) is 24.7 Å². The van der Waals surface area contributed by atoms with Crippen LogP contribution in [-0.2, 0) is 13.0 Å². The summed E-state index contributed by atoms with van der Waals surface area (Å²) < 4.78 is 29.0. The summed E-state index contributed by atoms with van der Waals surface area (Å²) in [6, 6.07) is 3.22. The number of nitrogens with one attached hydrogen (secondary N) is 2. The maximum atomic E-state index is 14.0. The van der Waals surface area contributed by atoms with Crippen molar-refractivity contribution >= 4 is 6.03 Å². The number of urea groups is 1. The normalized spacial score (nSPS) is 17.5. The minimum absolute atomic E-state index is 0.0143. The Bertz CT molecular complexity index is 792. The fourth-order valence-electron chi connectivity index (χ4n) is 3.16. The first-order valence-corrected chi connectivity index (χ1v) is 8.75. The molecule has 3 rings (SSSR count). The Morgan fingerprint density at radius 2 is 2.27 bits per heavy atom. The zero-order valence-corrected chi connectivity index (χ0v) is 14.6. The largest absolute Gasteiger partial charge is 0.336 e. The monoisotopic (exact) mass is 363 g/mol. The summed E-state index contributed by atoms with van der Waals surface area (Å²) in [5.41, 5.74) is 6.22. The lowest BCUT2D eigenvalue weighted by Gasteiger charge is -2.25. The molecular formula is C18H23F2N5O. The van der Waals surface area contributed by atoms with E-state index in [2.05, 4.69) is 15.6 Å². The number of amides is 2. The topological polar surface area (TPSA) is 85.0 Å². The number of imidazole rings is 1. The minimum atomic E-state index is -0.636. The van der Waals surface area contributed by atoms with Crippen LogP contribution in [0.3, 0.4) is 0 Å². The summed E-state index contributed by atoms with van der Waals surface area (Å²) in [4.78, 5) is 16.5. The number of carbonyl (C=O) groups is 1. The molecule has 0 spiro atoms. The Hall–Kier alpha value is -2.48. The first kappa shape index (κ1) is 18.3. The number of aryl methyl sites for hydroxylation is 1. The molecule has 4 N–H and O–H groups in total. The summed E-state index contributed by atoms with van der Waals surface area (Å²) in [6.45, 7) is 2.99. The van der Waals surface area contributed by atoms with E-state index in [0.29, 0.717) is 25.2 Å². The van der Waals surface area contributed by atoms with E-state index >= 15 is 0 Å². The van der Waals surface area contributed by atoms with Crippen molar-refractivity contribution in [2.24, 2.45) is 5.73 Å². The van der Waals surface area contributed by atoms with Gasteiger partial charge in [0.25, 0.3) is 0 Å². The van der Waals surface area contributed by atoms with Gasteiger partial charge < -0.3 is 20.9 Å². The average molecular weight is 363 g/mol. The van der Waals surface area contributed by atoms with E-state index in [4.69, 9.17) is 5.73 Å². The highest BCUT2D eigenvalue weighted by Gasteiger charge is 2.23. The van der Waals surface area contributed by atoms with Crippen molar-refractivity contribution in [1.82, 2.24) is 20.2 Å². The molecule has 2 heterocycles. The van der Waals surface area contributed by atoms with Gasteiger partial charge in [0.2, 0.25) is 0 Å². The predicted molar refractivity (Wildman–Crippen MR) is 94.5 cm³/mol. The second-order valence-corrected chi connectivity index (χ2v) is 6.65. The smallest absolute Gasteiger partial charge is 0.315 e. The molecule has 1 aromatic carbocycles. The number of benzene rings is 1. The van der Waals surface area contributed by atoms with Gasteiger partial charge in [-0.05, 0) is 38.4 Å². The number of nitrogens with two attached hydrogens (primary N) is 1. The van der Waals surface area contributed by atoms with Crippen LogP contribution >= 0.6 is 0 Å². The zero-order valence-electron chi connectivity index (χ0n) is 14.6. The number of halogens is 2. The Morgan fingerprint density at radius 1 is 1.46 bits per heavy atom. The fraction of sp³-hybridized carbons (Fsp3) is 0.444. The first-order valence-electron chi connectivity index (χ1n) is 8.75. The molecule has 0 radical (unpaired) electrons. The minimum Gasteiger partial charge on any atom is -0.336 e. The maximum Gasteiger partial charge on any atom is 0.315 e. The number of carbonyl (C=O) groups excluding carboxylic acids is 1. The molecule has 0 saturated heterocycles. The van der Waals surface area contributed by atoms with E-state index in [1.165, 1.54) is 12.1 Å². The third kappa shape index (κ3) is 4.19. The molecular weight excluding hydrogens is 340 g/mol. The highest BCUT2D eigenvalue weighted by molar-refractivity contribution is 5.74. The highest BCUT2D eigenvalue weighted by Crippen LogP contribution is 2.25. The molecule has 1 aliphatic rings. The van der Waals surface area contributed by atoms with Gasteiger partial charge in [-0.15, -0.1) is 0 Å². The van der Waals surface area contributed by atoms with Gasteiger partial charge >= 0.3 is 6.03 Å². The first-order chi connectivity index (χ1) is 12.5. The predicted octanol–water partition coefficient (Wildman–Crippen LogP) is 2.18. The van der Waals surface area contributed by atoms with Crippen molar-refractivity contribution < 1.29 is 13.6 Å². The standard InChI is InChI=1S/C18H23F2N5O/c1-11(6-7-21)22-18(26)23-13-3-5-17-24-16(10-25(17)9-13)14-4-2-12(19)8-15(14)20/h2,4,8,10-11,13H,3,5-7,9,21H2,1H3,(H2,22,23,26). The third-order valence-corrected chi connectivity index (χ3v) is 4.51. The fourth-order valence-corrected chi connectivity index (χ4v) is 3.16. The summed E-state index contributed by atoms with van der Waals surface area (Å²) in [6.07, 6.45) is 3.89. The average Bonchev–Trinajstić information content (AvgIpc) is 2.97. The molecule has 0 aliphatic carbocycles. The van der Waals surface area contributed by atoms with Gasteiger partial charge in [-0.3, -0.25) is 0 Å². The van der Waals surface area contributed by atoms with Crippen LogP contribution in [-0.4, -0.2) is 34.2 Å². The Balaban J connectivity index is 1.66. The number of aromatic nitrogens is 2. The molecule has 2 aromatic rings. The number of hydrogen-bond acceptors (Lipinski definition) is 3. The third-order valence-electron chi connectivity index (χ3n) is 4.51. The molecule has 0 fully saturated rings. The second kappa shape index (κ2) is 7.82. The van der Waals surface area contributed by atoms with Crippen molar-refractivity contribution in [2.45, 2.75) is 44.8 Å². The van der Waals surface area contributed by atoms with Crippen LogP contribution in [0.5, 0.6) is 0 Å². The number of rotatable bonds is 5. The molecule has 26 heavy (non-hydrogen) atoms. The van der Waals surface area contributed by atoms with Crippen molar-refractivity contribution in [3.05, 3.63) is 41.9 Å². The van der Waals surface area contributed by atoms with Crippen LogP contribution in [0.2, 0.25) is 0 Å². The van der Waals surface area contributed by atoms with Gasteiger partial charge in [0.15, 0.2) is 0 Å². The molecule has 2 atom stereocenters. The van der Waals surface area contributed by atoms with Crippen LogP contribution in [0.1, 0.15) is 25.6 Å². The molecule has 1 aliphatic heterocycles. The van der Waals surface area contributed by atoms with Gasteiger partial charge in [0, 0.05) is 42.9 Å². The molecule has 1 aromatic heterocycles. The van der Waals surface area contributed by atoms with Crippen molar-refractivity contribution in [2.75, 3.05) is 6.54 Å². The molecule has 2 unspecified atom stereocenters. The Labute approximate surface area is 150 Å². The van der Waals surface area contributed by atoms with Gasteiger partial charge in [-0.1, -0.05) is 0 Å². The number of nitrogens with zero attached hydrogens (tertiary/aromatic N) is 2. The highest BCUT2D eigenvalue weighted by atomic mass is 19.1. The van der Waals surface area contributed by atoms with E-state index < -0.39 is 11.6 Å². The summed E-state index contributed by atoms with van der Waals surface area (Å²) >= 11 is 0. The van der Waals surface area contributed by atoms with Crippen LogP contribution in [0.15, 0.2) is 24.4 Å². The van der Waals surface area contributed by atoms with E-state index in [-0.39, 0.29) is 23.7 Å². The van der Waals surface area contributed by atoms with Crippen LogP contribution in [0.25, 0.3) is 11.3 Å². The molecule has 0 bridgehead atoms.